The van der Waals surface area contributed by atoms with Crippen molar-refractivity contribution in [3.05, 3.63) is 64.7 Å². The van der Waals surface area contributed by atoms with Crippen LogP contribution in [-0.4, -0.2) is 11.5 Å². The van der Waals surface area contributed by atoms with Crippen molar-refractivity contribution in [3.63, 3.8) is 0 Å². The van der Waals surface area contributed by atoms with Crippen molar-refractivity contribution in [3.8, 4) is 0 Å². The van der Waals surface area contributed by atoms with Gasteiger partial charge in [-0.25, -0.2) is 8.78 Å². The molecule has 0 N–H and O–H groups in total. The van der Waals surface area contributed by atoms with Crippen LogP contribution in [0.25, 0.3) is 0 Å². The number of hydrogen-bond acceptors (Lipinski definition) is 2. The fraction of sp³-hybridized carbons (Fsp3) is 0.133. The van der Waals surface area contributed by atoms with Gasteiger partial charge in [-0.1, -0.05) is 23.7 Å². The van der Waals surface area contributed by atoms with E-state index in [1.807, 2.05) is 0 Å². The van der Waals surface area contributed by atoms with E-state index in [1.165, 1.54) is 42.1 Å². The summed E-state index contributed by atoms with van der Waals surface area (Å²) in [6.07, 6.45) is 0.140. The normalized spacial score (nSPS) is 10.6. The third-order valence-electron chi connectivity index (χ3n) is 2.60. The second-order valence-corrected chi connectivity index (χ2v) is 5.65. The van der Waals surface area contributed by atoms with Crippen LogP contribution in [0.3, 0.4) is 0 Å². The molecule has 0 spiro atoms. The molecule has 0 saturated heterocycles. The molecular formula is C15H11ClF2OS. The van der Waals surface area contributed by atoms with Crippen molar-refractivity contribution < 1.29 is 13.6 Å². The Morgan fingerprint density at radius 1 is 1.10 bits per heavy atom. The number of rotatable bonds is 5. The maximum absolute atomic E-state index is 13.0. The Morgan fingerprint density at radius 3 is 2.55 bits per heavy atom. The predicted molar refractivity (Wildman–Crippen MR) is 77.2 cm³/mol. The summed E-state index contributed by atoms with van der Waals surface area (Å²) in [6, 6.07) is 10.0. The molecule has 2 aromatic rings. The van der Waals surface area contributed by atoms with Crippen molar-refractivity contribution >= 4 is 29.1 Å². The number of ketones is 1. The van der Waals surface area contributed by atoms with Crippen molar-refractivity contribution in [2.75, 3.05) is 5.75 Å². The molecule has 2 aromatic carbocycles. The molecule has 0 unspecified atom stereocenters. The molecule has 0 radical (unpaired) electrons. The fourth-order valence-corrected chi connectivity index (χ4v) is 2.68. The Bertz CT molecular complexity index is 631. The molecule has 0 bridgehead atoms. The van der Waals surface area contributed by atoms with Gasteiger partial charge >= 0.3 is 0 Å². The topological polar surface area (TPSA) is 17.1 Å². The van der Waals surface area contributed by atoms with Gasteiger partial charge in [0.15, 0.2) is 0 Å². The second kappa shape index (κ2) is 6.86. The summed E-state index contributed by atoms with van der Waals surface area (Å²) in [5.41, 5.74) is 0.595. The second-order valence-electron chi connectivity index (χ2n) is 4.20. The summed E-state index contributed by atoms with van der Waals surface area (Å²) >= 11 is 7.13. The first-order valence-corrected chi connectivity index (χ1v) is 7.25. The highest BCUT2D eigenvalue weighted by atomic mass is 35.5. The molecule has 1 nitrogen and oxygen atoms in total. The van der Waals surface area contributed by atoms with E-state index >= 15 is 0 Å². The molecule has 20 heavy (non-hydrogen) atoms. The first-order chi connectivity index (χ1) is 9.54. The van der Waals surface area contributed by atoms with Crippen LogP contribution in [0, 0.1) is 11.6 Å². The van der Waals surface area contributed by atoms with Crippen LogP contribution in [0.2, 0.25) is 5.02 Å². The molecule has 0 atom stereocenters. The van der Waals surface area contributed by atoms with Crippen LogP contribution in [0.1, 0.15) is 5.56 Å². The van der Waals surface area contributed by atoms with Gasteiger partial charge in [0.25, 0.3) is 0 Å². The lowest BCUT2D eigenvalue weighted by Gasteiger charge is -2.04. The Kier molecular flexibility index (Phi) is 5.15. The summed E-state index contributed by atoms with van der Waals surface area (Å²) in [7, 11) is 0. The monoisotopic (exact) mass is 312 g/mol. The van der Waals surface area contributed by atoms with Gasteiger partial charge in [0.05, 0.1) is 5.75 Å². The quantitative estimate of drug-likeness (QED) is 0.755. The van der Waals surface area contributed by atoms with E-state index in [9.17, 15) is 13.6 Å². The number of benzene rings is 2. The lowest BCUT2D eigenvalue weighted by atomic mass is 10.1. The summed E-state index contributed by atoms with van der Waals surface area (Å²) in [4.78, 5) is 12.5. The third kappa shape index (κ3) is 4.32. The van der Waals surface area contributed by atoms with Gasteiger partial charge in [0.1, 0.15) is 17.4 Å². The highest BCUT2D eigenvalue weighted by molar-refractivity contribution is 8.00. The first-order valence-electron chi connectivity index (χ1n) is 5.88. The average Bonchev–Trinajstić information content (AvgIpc) is 2.40. The maximum atomic E-state index is 13.0. The highest BCUT2D eigenvalue weighted by Crippen LogP contribution is 2.21. The SMILES string of the molecule is O=C(CSc1cccc(F)c1)Cc1ccc(F)cc1Cl. The van der Waals surface area contributed by atoms with Gasteiger partial charge in [0.2, 0.25) is 0 Å². The van der Waals surface area contributed by atoms with Gasteiger partial charge in [-0.3, -0.25) is 4.79 Å². The zero-order valence-electron chi connectivity index (χ0n) is 10.4. The van der Waals surface area contributed by atoms with E-state index < -0.39 is 5.82 Å². The summed E-state index contributed by atoms with van der Waals surface area (Å²) in [5, 5.41) is 0.245. The minimum absolute atomic E-state index is 0.0484. The smallest absolute Gasteiger partial charge is 0.147 e. The van der Waals surface area contributed by atoms with Crippen LogP contribution in [-0.2, 0) is 11.2 Å². The van der Waals surface area contributed by atoms with Gasteiger partial charge in [-0.2, -0.15) is 0 Å². The Hall–Kier alpha value is -1.39. The molecule has 0 fully saturated rings. The Labute approximate surface area is 125 Å². The molecule has 0 aliphatic rings. The summed E-state index contributed by atoms with van der Waals surface area (Å²) in [6.45, 7) is 0. The van der Waals surface area contributed by atoms with E-state index in [-0.39, 0.29) is 28.8 Å². The molecule has 2 rings (SSSR count). The van der Waals surface area contributed by atoms with Gasteiger partial charge in [-0.05, 0) is 35.9 Å². The van der Waals surface area contributed by atoms with Crippen molar-refractivity contribution in [2.45, 2.75) is 11.3 Å². The first kappa shape index (κ1) is 15.0. The Morgan fingerprint density at radius 2 is 1.85 bits per heavy atom. The number of Topliss-reactive ketones (excluding diaryl/α,β-unsaturated/α-hetero) is 1. The highest BCUT2D eigenvalue weighted by Gasteiger charge is 2.09. The fourth-order valence-electron chi connectivity index (χ4n) is 1.65. The third-order valence-corrected chi connectivity index (χ3v) is 4.00. The van der Waals surface area contributed by atoms with Gasteiger partial charge < -0.3 is 0 Å². The van der Waals surface area contributed by atoms with Crippen molar-refractivity contribution in [1.82, 2.24) is 0 Å². The molecule has 5 heteroatoms. The molecule has 0 aromatic heterocycles. The summed E-state index contributed by atoms with van der Waals surface area (Å²) in [5.74, 6) is -0.589. The zero-order valence-corrected chi connectivity index (χ0v) is 12.0. The molecule has 0 amide bonds. The zero-order chi connectivity index (χ0) is 14.5. The van der Waals surface area contributed by atoms with Crippen LogP contribution < -0.4 is 0 Å². The number of carbonyl (C=O) groups excluding carboxylic acids is 1. The van der Waals surface area contributed by atoms with E-state index in [1.54, 1.807) is 12.1 Å². The molecule has 104 valence electrons. The number of thioether (sulfide) groups is 1. The minimum Gasteiger partial charge on any atom is -0.298 e. The molecule has 0 aliphatic heterocycles. The minimum atomic E-state index is -0.430. The van der Waals surface area contributed by atoms with Crippen LogP contribution >= 0.6 is 23.4 Å². The maximum Gasteiger partial charge on any atom is 0.147 e. The molecule has 0 heterocycles. The molecule has 0 aliphatic carbocycles. The van der Waals surface area contributed by atoms with Crippen molar-refractivity contribution in [1.29, 1.82) is 0 Å². The van der Waals surface area contributed by atoms with E-state index in [0.29, 0.717) is 10.5 Å². The number of carbonyl (C=O) groups is 1. The van der Waals surface area contributed by atoms with Gasteiger partial charge in [0, 0.05) is 16.3 Å². The van der Waals surface area contributed by atoms with Crippen LogP contribution in [0.15, 0.2) is 47.4 Å². The standard InChI is InChI=1S/C15H11ClF2OS/c16-15-8-12(18)5-4-10(15)6-13(19)9-20-14-3-1-2-11(17)7-14/h1-5,7-8H,6,9H2. The summed E-state index contributed by atoms with van der Waals surface area (Å²) < 4.78 is 25.9. The number of halogens is 3. The lowest BCUT2D eigenvalue weighted by Crippen LogP contribution is -2.06. The average molecular weight is 313 g/mol. The van der Waals surface area contributed by atoms with Crippen LogP contribution in [0.4, 0.5) is 8.78 Å². The molecule has 0 saturated carbocycles. The molecular weight excluding hydrogens is 302 g/mol. The van der Waals surface area contributed by atoms with E-state index in [4.69, 9.17) is 11.6 Å². The number of hydrogen-bond donors (Lipinski definition) is 0. The Balaban J connectivity index is 1.92. The largest absolute Gasteiger partial charge is 0.298 e. The lowest BCUT2D eigenvalue weighted by molar-refractivity contribution is -0.116. The van der Waals surface area contributed by atoms with Crippen LogP contribution in [0.5, 0.6) is 0 Å². The van der Waals surface area contributed by atoms with E-state index in [2.05, 4.69) is 0 Å². The van der Waals surface area contributed by atoms with Gasteiger partial charge in [-0.15, -0.1) is 11.8 Å². The predicted octanol–water partition coefficient (Wildman–Crippen LogP) is 4.52. The van der Waals surface area contributed by atoms with E-state index in [0.717, 1.165) is 0 Å². The van der Waals surface area contributed by atoms with Crippen molar-refractivity contribution in [2.24, 2.45) is 0 Å².